The molecule has 0 fully saturated rings. The lowest BCUT2D eigenvalue weighted by Gasteiger charge is -2.11. The van der Waals surface area contributed by atoms with Crippen molar-refractivity contribution in [3.63, 3.8) is 0 Å². The van der Waals surface area contributed by atoms with Crippen LogP contribution in [-0.4, -0.2) is 32.3 Å². The summed E-state index contributed by atoms with van der Waals surface area (Å²) >= 11 is 0. The number of aromatic carboxylic acids is 1. The minimum atomic E-state index is -4.34. The number of halogens is 4. The average molecular weight is 347 g/mol. The van der Waals surface area contributed by atoms with E-state index in [9.17, 15) is 26.4 Å². The van der Waals surface area contributed by atoms with Crippen molar-refractivity contribution < 1.29 is 36.2 Å². The highest BCUT2D eigenvalue weighted by molar-refractivity contribution is 8.13. The van der Waals surface area contributed by atoms with E-state index >= 15 is 0 Å². The quantitative estimate of drug-likeness (QED) is 0.632. The molecule has 1 N–H and O–H groups in total. The van der Waals surface area contributed by atoms with Crippen LogP contribution in [0.1, 0.15) is 23.2 Å². The van der Waals surface area contributed by atoms with Gasteiger partial charge in [-0.05, 0) is 24.6 Å². The zero-order valence-corrected chi connectivity index (χ0v) is 11.9. The van der Waals surface area contributed by atoms with E-state index in [0.717, 1.165) is 18.2 Å². The Kier molecular flexibility index (Phi) is 5.46. The first-order chi connectivity index (χ1) is 9.50. The lowest BCUT2D eigenvalue weighted by molar-refractivity contribution is -0.136. The number of carboxylic acids is 1. The van der Waals surface area contributed by atoms with Crippen molar-refractivity contribution in [3.05, 3.63) is 23.8 Å². The lowest BCUT2D eigenvalue weighted by Crippen LogP contribution is -2.10. The molecule has 0 saturated carbocycles. The van der Waals surface area contributed by atoms with Gasteiger partial charge in [0.1, 0.15) is 10.6 Å². The van der Waals surface area contributed by atoms with Gasteiger partial charge in [0.25, 0.3) is 9.05 Å². The van der Waals surface area contributed by atoms with E-state index in [1.54, 1.807) is 0 Å². The Labute approximate surface area is 122 Å². The summed E-state index contributed by atoms with van der Waals surface area (Å²) in [5.74, 6) is -1.67. The number of benzene rings is 1. The van der Waals surface area contributed by atoms with Gasteiger partial charge in [0.2, 0.25) is 0 Å². The van der Waals surface area contributed by atoms with Gasteiger partial charge in [-0.3, -0.25) is 0 Å². The third kappa shape index (κ3) is 5.80. The summed E-state index contributed by atoms with van der Waals surface area (Å²) in [5.41, 5.74) is -0.336. The topological polar surface area (TPSA) is 80.7 Å². The Bertz CT molecular complexity index is 627. The molecule has 0 amide bonds. The molecule has 118 valence electrons. The fraction of sp³-hybridized carbons (Fsp3) is 0.364. The third-order valence-corrected chi connectivity index (χ3v) is 3.66. The summed E-state index contributed by atoms with van der Waals surface area (Å²) in [6.45, 7) is -0.384. The first kappa shape index (κ1) is 17.6. The molecule has 0 bridgehead atoms. The maximum absolute atomic E-state index is 12.0. The smallest absolute Gasteiger partial charge is 0.389 e. The first-order valence-electron chi connectivity index (χ1n) is 5.52. The number of carbonyl (C=O) groups is 1. The van der Waals surface area contributed by atoms with E-state index in [-0.39, 0.29) is 24.3 Å². The summed E-state index contributed by atoms with van der Waals surface area (Å²) in [5, 5.41) is 8.77. The molecule has 0 spiro atoms. The number of alkyl halides is 3. The molecule has 0 aliphatic rings. The van der Waals surface area contributed by atoms with Crippen LogP contribution in [0.15, 0.2) is 23.1 Å². The van der Waals surface area contributed by atoms with E-state index in [4.69, 9.17) is 20.5 Å². The van der Waals surface area contributed by atoms with Crippen LogP contribution >= 0.6 is 10.7 Å². The van der Waals surface area contributed by atoms with Crippen LogP contribution in [-0.2, 0) is 9.05 Å². The summed E-state index contributed by atoms with van der Waals surface area (Å²) in [6.07, 6.45) is -5.78. The summed E-state index contributed by atoms with van der Waals surface area (Å²) in [7, 11) is 0.852. The second-order valence-corrected chi connectivity index (χ2v) is 6.51. The predicted octanol–water partition coefficient (Wildman–Crippen LogP) is 3.03. The third-order valence-electron chi connectivity index (χ3n) is 2.32. The molecule has 0 heterocycles. The zero-order chi connectivity index (χ0) is 16.3. The van der Waals surface area contributed by atoms with Gasteiger partial charge in [0.05, 0.1) is 12.2 Å². The van der Waals surface area contributed by atoms with Crippen LogP contribution in [0, 0.1) is 0 Å². The van der Waals surface area contributed by atoms with Crippen molar-refractivity contribution in [1.29, 1.82) is 0 Å². The van der Waals surface area contributed by atoms with E-state index in [1.165, 1.54) is 0 Å². The molecule has 0 aliphatic heterocycles. The maximum Gasteiger partial charge on any atom is 0.389 e. The molecule has 0 atom stereocenters. The highest BCUT2D eigenvalue weighted by atomic mass is 35.7. The van der Waals surface area contributed by atoms with Gasteiger partial charge in [0, 0.05) is 17.1 Å². The normalized spacial score (nSPS) is 12.2. The van der Waals surface area contributed by atoms with Gasteiger partial charge in [-0.25, -0.2) is 13.2 Å². The Hall–Kier alpha value is -1.48. The van der Waals surface area contributed by atoms with Gasteiger partial charge >= 0.3 is 12.1 Å². The van der Waals surface area contributed by atoms with Crippen LogP contribution in [0.25, 0.3) is 0 Å². The number of ether oxygens (including phenoxy) is 1. The van der Waals surface area contributed by atoms with E-state index < -0.39 is 32.5 Å². The van der Waals surface area contributed by atoms with Crippen molar-refractivity contribution in [2.24, 2.45) is 0 Å². The van der Waals surface area contributed by atoms with Crippen LogP contribution < -0.4 is 4.74 Å². The van der Waals surface area contributed by atoms with Gasteiger partial charge in [-0.1, -0.05) is 0 Å². The molecule has 0 aromatic heterocycles. The second-order valence-electron chi connectivity index (χ2n) is 3.97. The molecule has 1 aromatic carbocycles. The van der Waals surface area contributed by atoms with Gasteiger partial charge in [0.15, 0.2) is 0 Å². The van der Waals surface area contributed by atoms with E-state index in [0.29, 0.717) is 0 Å². The van der Waals surface area contributed by atoms with Crippen molar-refractivity contribution in [1.82, 2.24) is 0 Å². The Morgan fingerprint density at radius 3 is 2.43 bits per heavy atom. The second kappa shape index (κ2) is 6.52. The molecule has 10 heteroatoms. The highest BCUT2D eigenvalue weighted by Gasteiger charge is 2.26. The zero-order valence-electron chi connectivity index (χ0n) is 10.4. The largest absolute Gasteiger partial charge is 0.492 e. The van der Waals surface area contributed by atoms with Crippen molar-refractivity contribution >= 4 is 25.7 Å². The predicted molar refractivity (Wildman–Crippen MR) is 67.2 cm³/mol. The molecule has 21 heavy (non-hydrogen) atoms. The molecule has 0 unspecified atom stereocenters. The van der Waals surface area contributed by atoms with Crippen LogP contribution in [0.5, 0.6) is 5.75 Å². The van der Waals surface area contributed by atoms with E-state index in [1.807, 2.05) is 0 Å². The molecule has 0 saturated heterocycles. The molecule has 1 aromatic rings. The summed E-state index contributed by atoms with van der Waals surface area (Å²) < 4.78 is 63.5. The summed E-state index contributed by atoms with van der Waals surface area (Å²) in [6, 6.07) is 2.88. The number of hydrogen-bond donors (Lipinski definition) is 1. The van der Waals surface area contributed by atoms with E-state index in [2.05, 4.69) is 0 Å². The van der Waals surface area contributed by atoms with Gasteiger partial charge in [-0.15, -0.1) is 0 Å². The number of hydrogen-bond acceptors (Lipinski definition) is 4. The Balaban J connectivity index is 2.89. The fourth-order valence-corrected chi connectivity index (χ4v) is 2.40. The van der Waals surface area contributed by atoms with Gasteiger partial charge in [-0.2, -0.15) is 13.2 Å². The minimum Gasteiger partial charge on any atom is -0.492 e. The van der Waals surface area contributed by atoms with Crippen LogP contribution in [0.2, 0.25) is 0 Å². The standard InChI is InChI=1S/C11H10ClF3O5S/c12-21(18,19)9-6-7(10(16)17)2-3-8(9)20-5-1-4-11(13,14)15/h2-3,6H,1,4-5H2,(H,16,17). The molecular weight excluding hydrogens is 337 g/mol. The van der Waals surface area contributed by atoms with Crippen molar-refractivity contribution in [2.45, 2.75) is 23.9 Å². The lowest BCUT2D eigenvalue weighted by atomic mass is 10.2. The Morgan fingerprint density at radius 1 is 1.33 bits per heavy atom. The molecule has 5 nitrogen and oxygen atoms in total. The number of carboxylic acid groups (broad SMARTS) is 1. The highest BCUT2D eigenvalue weighted by Crippen LogP contribution is 2.29. The number of rotatable bonds is 6. The Morgan fingerprint density at radius 2 is 1.95 bits per heavy atom. The van der Waals surface area contributed by atoms with Crippen molar-refractivity contribution in [3.8, 4) is 5.75 Å². The molecule has 0 aliphatic carbocycles. The summed E-state index contributed by atoms with van der Waals surface area (Å²) in [4.78, 5) is 10.2. The minimum absolute atomic E-state index is 0.294. The van der Waals surface area contributed by atoms with Crippen LogP contribution in [0.3, 0.4) is 0 Å². The molecule has 0 radical (unpaired) electrons. The SMILES string of the molecule is O=C(O)c1ccc(OCCCC(F)(F)F)c(S(=O)(=O)Cl)c1. The maximum atomic E-state index is 12.0. The van der Waals surface area contributed by atoms with Crippen molar-refractivity contribution in [2.75, 3.05) is 6.61 Å². The molecule has 1 rings (SSSR count). The molecular formula is C11H10ClF3O5S. The van der Waals surface area contributed by atoms with Crippen LogP contribution in [0.4, 0.5) is 13.2 Å². The average Bonchev–Trinajstić information content (AvgIpc) is 2.32. The monoisotopic (exact) mass is 346 g/mol. The first-order valence-corrected chi connectivity index (χ1v) is 7.83. The van der Waals surface area contributed by atoms with Gasteiger partial charge < -0.3 is 9.84 Å². The fourth-order valence-electron chi connectivity index (χ4n) is 1.41.